The number of fused-ring (bicyclic) bond motifs is 1. The van der Waals surface area contributed by atoms with Crippen LogP contribution in [0.4, 0.5) is 0 Å². The van der Waals surface area contributed by atoms with Crippen LogP contribution in [0.3, 0.4) is 0 Å². The molecule has 1 aromatic heterocycles. The van der Waals surface area contributed by atoms with E-state index in [1.807, 2.05) is 26.0 Å². The van der Waals surface area contributed by atoms with Gasteiger partial charge in [0.05, 0.1) is 11.2 Å². The Kier molecular flexibility index (Phi) is 3.53. The highest BCUT2D eigenvalue weighted by molar-refractivity contribution is 6.31. The fourth-order valence-corrected chi connectivity index (χ4v) is 2.22. The van der Waals surface area contributed by atoms with Crippen molar-refractivity contribution >= 4 is 28.5 Å². The summed E-state index contributed by atoms with van der Waals surface area (Å²) in [6.45, 7) is 3.76. The Labute approximate surface area is 110 Å². The lowest BCUT2D eigenvalue weighted by Crippen LogP contribution is -2.18. The summed E-state index contributed by atoms with van der Waals surface area (Å²) >= 11 is 5.90. The van der Waals surface area contributed by atoms with Gasteiger partial charge < -0.3 is 5.11 Å². The second kappa shape index (κ2) is 4.94. The average Bonchev–Trinajstić information content (AvgIpc) is 2.28. The number of aliphatic carboxylic acids is 1. The van der Waals surface area contributed by atoms with Crippen LogP contribution in [0, 0.1) is 5.92 Å². The highest BCUT2D eigenvalue weighted by Gasteiger charge is 2.24. The van der Waals surface area contributed by atoms with E-state index in [1.54, 1.807) is 18.2 Å². The number of hydrogen-bond acceptors (Lipinski definition) is 2. The highest BCUT2D eigenvalue weighted by atomic mass is 35.5. The average molecular weight is 264 g/mol. The van der Waals surface area contributed by atoms with Gasteiger partial charge in [-0.05, 0) is 30.2 Å². The summed E-state index contributed by atoms with van der Waals surface area (Å²) in [5.41, 5.74) is 1.36. The molecule has 1 aromatic carbocycles. The Balaban J connectivity index is 2.52. The number of carbonyl (C=O) groups is 1. The van der Waals surface area contributed by atoms with Crippen LogP contribution in [-0.2, 0) is 4.79 Å². The van der Waals surface area contributed by atoms with Crippen LogP contribution in [0.2, 0.25) is 5.02 Å². The summed E-state index contributed by atoms with van der Waals surface area (Å²) in [6, 6.07) is 9.00. The van der Waals surface area contributed by atoms with Gasteiger partial charge in [0.25, 0.3) is 0 Å². The normalized spacial score (nSPS) is 12.9. The Morgan fingerprint density at radius 1 is 1.28 bits per heavy atom. The number of nitrogens with zero attached hydrogens (tertiary/aromatic N) is 1. The quantitative estimate of drug-likeness (QED) is 0.918. The predicted molar refractivity (Wildman–Crippen MR) is 72.0 cm³/mol. The number of pyridine rings is 1. The van der Waals surface area contributed by atoms with E-state index in [0.29, 0.717) is 10.7 Å². The molecule has 1 N–H and O–H groups in total. The first-order valence-electron chi connectivity index (χ1n) is 5.78. The maximum absolute atomic E-state index is 11.3. The van der Waals surface area contributed by atoms with Crippen molar-refractivity contribution in [2.75, 3.05) is 0 Å². The largest absolute Gasteiger partial charge is 0.481 e. The molecule has 0 radical (unpaired) electrons. The standard InChI is InChI=1S/C14H14ClNO2/c1-8(2)13(14(17)18)12-5-3-9-7-10(15)4-6-11(9)16-12/h3-8,13H,1-2H3,(H,17,18). The molecule has 1 unspecified atom stereocenters. The summed E-state index contributed by atoms with van der Waals surface area (Å²) in [5, 5.41) is 10.8. The molecule has 0 aliphatic heterocycles. The van der Waals surface area contributed by atoms with Gasteiger partial charge in [-0.1, -0.05) is 31.5 Å². The van der Waals surface area contributed by atoms with Crippen molar-refractivity contribution in [1.29, 1.82) is 0 Å². The molecule has 3 nitrogen and oxygen atoms in total. The molecule has 94 valence electrons. The van der Waals surface area contributed by atoms with Crippen LogP contribution >= 0.6 is 11.6 Å². The van der Waals surface area contributed by atoms with Crippen molar-refractivity contribution < 1.29 is 9.90 Å². The van der Waals surface area contributed by atoms with Crippen molar-refractivity contribution in [2.45, 2.75) is 19.8 Å². The van der Waals surface area contributed by atoms with Crippen LogP contribution in [0.5, 0.6) is 0 Å². The predicted octanol–water partition coefficient (Wildman–Crippen LogP) is 3.71. The molecule has 4 heteroatoms. The van der Waals surface area contributed by atoms with Crippen LogP contribution in [0.15, 0.2) is 30.3 Å². The molecule has 1 atom stereocenters. The van der Waals surface area contributed by atoms with E-state index in [-0.39, 0.29) is 5.92 Å². The fraction of sp³-hybridized carbons (Fsp3) is 0.286. The van der Waals surface area contributed by atoms with Gasteiger partial charge in [0, 0.05) is 10.4 Å². The fourth-order valence-electron chi connectivity index (χ4n) is 2.04. The molecule has 2 rings (SSSR count). The lowest BCUT2D eigenvalue weighted by molar-refractivity contribution is -0.139. The first-order chi connectivity index (χ1) is 8.49. The number of benzene rings is 1. The summed E-state index contributed by atoms with van der Waals surface area (Å²) in [7, 11) is 0. The zero-order valence-corrected chi connectivity index (χ0v) is 11.0. The molecule has 0 aliphatic rings. The van der Waals surface area contributed by atoms with E-state index in [4.69, 9.17) is 11.6 Å². The van der Waals surface area contributed by atoms with Gasteiger partial charge in [-0.3, -0.25) is 9.78 Å². The summed E-state index contributed by atoms with van der Waals surface area (Å²) in [4.78, 5) is 15.7. The third kappa shape index (κ3) is 2.46. The Morgan fingerprint density at radius 3 is 2.61 bits per heavy atom. The van der Waals surface area contributed by atoms with Crippen LogP contribution < -0.4 is 0 Å². The molecule has 0 saturated heterocycles. The van der Waals surface area contributed by atoms with Gasteiger partial charge in [0.2, 0.25) is 0 Å². The number of rotatable bonds is 3. The number of aromatic nitrogens is 1. The van der Waals surface area contributed by atoms with Gasteiger partial charge in [0.15, 0.2) is 0 Å². The summed E-state index contributed by atoms with van der Waals surface area (Å²) in [5.74, 6) is -1.42. The summed E-state index contributed by atoms with van der Waals surface area (Å²) in [6.07, 6.45) is 0. The lowest BCUT2D eigenvalue weighted by atomic mass is 9.92. The molecule has 0 saturated carbocycles. The van der Waals surface area contributed by atoms with Crippen LogP contribution in [0.1, 0.15) is 25.5 Å². The van der Waals surface area contributed by atoms with Crippen molar-refractivity contribution in [1.82, 2.24) is 4.98 Å². The molecule has 0 amide bonds. The Hall–Kier alpha value is -1.61. The van der Waals surface area contributed by atoms with Gasteiger partial charge in [-0.25, -0.2) is 0 Å². The van der Waals surface area contributed by atoms with Gasteiger partial charge in [0.1, 0.15) is 5.92 Å². The minimum Gasteiger partial charge on any atom is -0.481 e. The van der Waals surface area contributed by atoms with Crippen molar-refractivity contribution in [3.05, 3.63) is 41.0 Å². The maximum atomic E-state index is 11.3. The SMILES string of the molecule is CC(C)C(C(=O)O)c1ccc2cc(Cl)ccc2n1. The monoisotopic (exact) mass is 263 g/mol. The van der Waals surface area contributed by atoms with E-state index in [1.165, 1.54) is 0 Å². The maximum Gasteiger partial charge on any atom is 0.312 e. The lowest BCUT2D eigenvalue weighted by Gasteiger charge is -2.16. The van der Waals surface area contributed by atoms with E-state index in [0.717, 1.165) is 10.9 Å². The third-order valence-corrected chi connectivity index (χ3v) is 3.16. The number of carboxylic acids is 1. The smallest absolute Gasteiger partial charge is 0.312 e. The van der Waals surface area contributed by atoms with Gasteiger partial charge >= 0.3 is 5.97 Å². The van der Waals surface area contributed by atoms with Crippen molar-refractivity contribution in [3.63, 3.8) is 0 Å². The second-order valence-corrected chi connectivity index (χ2v) is 5.07. The molecule has 0 fully saturated rings. The highest BCUT2D eigenvalue weighted by Crippen LogP contribution is 2.26. The first-order valence-corrected chi connectivity index (χ1v) is 6.16. The third-order valence-electron chi connectivity index (χ3n) is 2.92. The minimum absolute atomic E-state index is 0.000231. The Bertz CT molecular complexity index is 595. The van der Waals surface area contributed by atoms with E-state index >= 15 is 0 Å². The van der Waals surface area contributed by atoms with Gasteiger partial charge in [-0.2, -0.15) is 0 Å². The zero-order chi connectivity index (χ0) is 13.3. The molecule has 0 aliphatic carbocycles. The van der Waals surface area contributed by atoms with Crippen molar-refractivity contribution in [3.8, 4) is 0 Å². The zero-order valence-electron chi connectivity index (χ0n) is 10.2. The van der Waals surface area contributed by atoms with Crippen molar-refractivity contribution in [2.24, 2.45) is 5.92 Å². The molecule has 0 spiro atoms. The molecule has 1 heterocycles. The van der Waals surface area contributed by atoms with Crippen LogP contribution in [-0.4, -0.2) is 16.1 Å². The molecule has 0 bridgehead atoms. The molecular formula is C14H14ClNO2. The summed E-state index contributed by atoms with van der Waals surface area (Å²) < 4.78 is 0. The first kappa shape index (κ1) is 12.8. The number of halogens is 1. The molecule has 2 aromatic rings. The molecular weight excluding hydrogens is 250 g/mol. The topological polar surface area (TPSA) is 50.2 Å². The minimum atomic E-state index is -0.842. The number of carboxylic acid groups (broad SMARTS) is 1. The van der Waals surface area contributed by atoms with E-state index in [2.05, 4.69) is 4.98 Å². The molecule has 18 heavy (non-hydrogen) atoms. The second-order valence-electron chi connectivity index (χ2n) is 4.63. The van der Waals surface area contributed by atoms with Gasteiger partial charge in [-0.15, -0.1) is 0 Å². The van der Waals surface area contributed by atoms with Crippen LogP contribution in [0.25, 0.3) is 10.9 Å². The van der Waals surface area contributed by atoms with E-state index < -0.39 is 11.9 Å². The number of hydrogen-bond donors (Lipinski definition) is 1. The van der Waals surface area contributed by atoms with E-state index in [9.17, 15) is 9.90 Å². The Morgan fingerprint density at radius 2 is 2.00 bits per heavy atom.